The summed E-state index contributed by atoms with van der Waals surface area (Å²) in [6.07, 6.45) is 1.90. The second kappa shape index (κ2) is 9.35. The summed E-state index contributed by atoms with van der Waals surface area (Å²) in [6, 6.07) is 15.9. The van der Waals surface area contributed by atoms with Gasteiger partial charge in [0.05, 0.1) is 5.56 Å². The third kappa shape index (κ3) is 5.76. The Hall–Kier alpha value is -2.82. The lowest BCUT2D eigenvalue weighted by Crippen LogP contribution is -2.29. The molecule has 0 heterocycles. The Bertz CT molecular complexity index is 653. The van der Waals surface area contributed by atoms with Gasteiger partial charge in [-0.15, -0.1) is 0 Å². The molecule has 0 radical (unpaired) electrons. The maximum atomic E-state index is 11.9. The second-order valence-electron chi connectivity index (χ2n) is 5.22. The molecule has 0 saturated carbocycles. The van der Waals surface area contributed by atoms with Crippen LogP contribution in [0.4, 0.5) is 0 Å². The van der Waals surface area contributed by atoms with Crippen LogP contribution in [0.1, 0.15) is 30.1 Å². The SMILES string of the molecule is CCCCNC(=O)COC(=O)c1ccc(Oc2ccccc2)cc1. The molecule has 0 fully saturated rings. The van der Waals surface area contributed by atoms with Gasteiger partial charge in [-0.25, -0.2) is 4.79 Å². The lowest BCUT2D eigenvalue weighted by molar-refractivity contribution is -0.124. The molecule has 2 aromatic carbocycles. The predicted octanol–water partition coefficient (Wildman–Crippen LogP) is 3.55. The molecule has 2 aromatic rings. The number of unbranched alkanes of at least 4 members (excludes halogenated alkanes) is 1. The third-order valence-electron chi connectivity index (χ3n) is 3.26. The summed E-state index contributed by atoms with van der Waals surface area (Å²) in [5, 5.41) is 2.69. The first-order valence-electron chi connectivity index (χ1n) is 7.96. The zero-order chi connectivity index (χ0) is 17.2. The fraction of sp³-hybridized carbons (Fsp3) is 0.263. The highest BCUT2D eigenvalue weighted by molar-refractivity contribution is 5.91. The summed E-state index contributed by atoms with van der Waals surface area (Å²) in [4.78, 5) is 23.4. The summed E-state index contributed by atoms with van der Waals surface area (Å²) in [6.45, 7) is 2.36. The van der Waals surface area contributed by atoms with E-state index < -0.39 is 5.97 Å². The lowest BCUT2D eigenvalue weighted by atomic mass is 10.2. The normalized spacial score (nSPS) is 10.0. The van der Waals surface area contributed by atoms with E-state index in [1.807, 2.05) is 37.3 Å². The average molecular weight is 327 g/mol. The second-order valence-corrected chi connectivity index (χ2v) is 5.22. The number of rotatable bonds is 8. The molecule has 5 heteroatoms. The van der Waals surface area contributed by atoms with Gasteiger partial charge in [0.1, 0.15) is 11.5 Å². The number of carbonyl (C=O) groups is 2. The molecule has 126 valence electrons. The van der Waals surface area contributed by atoms with Crippen molar-refractivity contribution in [3.05, 3.63) is 60.2 Å². The van der Waals surface area contributed by atoms with Gasteiger partial charge in [0.25, 0.3) is 5.91 Å². The molecule has 5 nitrogen and oxygen atoms in total. The van der Waals surface area contributed by atoms with Crippen LogP contribution in [-0.2, 0) is 9.53 Å². The summed E-state index contributed by atoms with van der Waals surface area (Å²) < 4.78 is 10.6. The standard InChI is InChI=1S/C19H21NO4/c1-2-3-13-20-18(21)14-23-19(22)15-9-11-17(12-10-15)24-16-7-5-4-6-8-16/h4-12H,2-3,13-14H2,1H3,(H,20,21). The fourth-order valence-electron chi connectivity index (χ4n) is 1.95. The smallest absolute Gasteiger partial charge is 0.338 e. The van der Waals surface area contributed by atoms with Crippen molar-refractivity contribution in [1.82, 2.24) is 5.32 Å². The van der Waals surface area contributed by atoms with Crippen molar-refractivity contribution in [2.45, 2.75) is 19.8 Å². The Balaban J connectivity index is 1.81. The van der Waals surface area contributed by atoms with E-state index in [2.05, 4.69) is 5.32 Å². The quantitative estimate of drug-likeness (QED) is 0.595. The minimum atomic E-state index is -0.535. The first-order valence-corrected chi connectivity index (χ1v) is 7.96. The molecule has 0 aliphatic heterocycles. The van der Waals surface area contributed by atoms with Gasteiger partial charge in [-0.3, -0.25) is 4.79 Å². The van der Waals surface area contributed by atoms with E-state index in [9.17, 15) is 9.59 Å². The molecular formula is C19H21NO4. The third-order valence-corrected chi connectivity index (χ3v) is 3.26. The van der Waals surface area contributed by atoms with E-state index in [-0.39, 0.29) is 12.5 Å². The van der Waals surface area contributed by atoms with Crippen molar-refractivity contribution >= 4 is 11.9 Å². The molecular weight excluding hydrogens is 306 g/mol. The van der Waals surface area contributed by atoms with Crippen molar-refractivity contribution in [3.63, 3.8) is 0 Å². The first-order chi connectivity index (χ1) is 11.7. The van der Waals surface area contributed by atoms with Gasteiger partial charge in [-0.1, -0.05) is 31.5 Å². The molecule has 24 heavy (non-hydrogen) atoms. The van der Waals surface area contributed by atoms with Crippen LogP contribution in [0.2, 0.25) is 0 Å². The van der Waals surface area contributed by atoms with Crippen molar-refractivity contribution in [2.24, 2.45) is 0 Å². The minimum absolute atomic E-state index is 0.273. The highest BCUT2D eigenvalue weighted by Crippen LogP contribution is 2.21. The van der Waals surface area contributed by atoms with Crippen LogP contribution in [0.25, 0.3) is 0 Å². The number of carbonyl (C=O) groups excluding carboxylic acids is 2. The number of ether oxygens (including phenoxy) is 2. The van der Waals surface area contributed by atoms with Crippen LogP contribution >= 0.6 is 0 Å². The van der Waals surface area contributed by atoms with Gasteiger partial charge < -0.3 is 14.8 Å². The summed E-state index contributed by atoms with van der Waals surface area (Å²) in [5.74, 6) is 0.513. The number of hydrogen-bond acceptors (Lipinski definition) is 4. The topological polar surface area (TPSA) is 64.6 Å². The van der Waals surface area contributed by atoms with Gasteiger partial charge >= 0.3 is 5.97 Å². The number of benzene rings is 2. The molecule has 2 rings (SSSR count). The molecule has 0 aliphatic rings. The molecule has 1 amide bonds. The predicted molar refractivity (Wildman–Crippen MR) is 91.2 cm³/mol. The van der Waals surface area contributed by atoms with Crippen molar-refractivity contribution < 1.29 is 19.1 Å². The van der Waals surface area contributed by atoms with E-state index in [0.29, 0.717) is 17.9 Å². The Labute approximate surface area is 141 Å². The van der Waals surface area contributed by atoms with E-state index in [1.54, 1.807) is 24.3 Å². The van der Waals surface area contributed by atoms with Crippen LogP contribution in [0.15, 0.2) is 54.6 Å². The van der Waals surface area contributed by atoms with Crippen LogP contribution in [0.3, 0.4) is 0 Å². The molecule has 0 unspecified atom stereocenters. The first kappa shape index (κ1) is 17.5. The van der Waals surface area contributed by atoms with Crippen LogP contribution in [-0.4, -0.2) is 25.0 Å². The van der Waals surface area contributed by atoms with E-state index in [4.69, 9.17) is 9.47 Å². The summed E-state index contributed by atoms with van der Waals surface area (Å²) in [7, 11) is 0. The maximum Gasteiger partial charge on any atom is 0.338 e. The monoisotopic (exact) mass is 327 g/mol. The average Bonchev–Trinajstić information content (AvgIpc) is 2.61. The Kier molecular flexibility index (Phi) is 6.83. The largest absolute Gasteiger partial charge is 0.457 e. The molecule has 0 aliphatic carbocycles. The molecule has 0 spiro atoms. The Morgan fingerprint density at radius 1 is 0.958 bits per heavy atom. The van der Waals surface area contributed by atoms with Crippen LogP contribution < -0.4 is 10.1 Å². The van der Waals surface area contributed by atoms with Crippen LogP contribution in [0, 0.1) is 0 Å². The zero-order valence-electron chi connectivity index (χ0n) is 13.7. The number of amides is 1. The maximum absolute atomic E-state index is 11.9. The van der Waals surface area contributed by atoms with E-state index >= 15 is 0 Å². The Morgan fingerprint density at radius 2 is 1.62 bits per heavy atom. The molecule has 0 bridgehead atoms. The molecule has 0 saturated heterocycles. The van der Waals surface area contributed by atoms with Gasteiger partial charge in [0.2, 0.25) is 0 Å². The molecule has 0 atom stereocenters. The minimum Gasteiger partial charge on any atom is -0.457 e. The van der Waals surface area contributed by atoms with Gasteiger partial charge in [-0.2, -0.15) is 0 Å². The fourth-order valence-corrected chi connectivity index (χ4v) is 1.95. The van der Waals surface area contributed by atoms with E-state index in [0.717, 1.165) is 18.6 Å². The Morgan fingerprint density at radius 3 is 2.29 bits per heavy atom. The van der Waals surface area contributed by atoms with E-state index in [1.165, 1.54) is 0 Å². The number of esters is 1. The lowest BCUT2D eigenvalue weighted by Gasteiger charge is -2.08. The highest BCUT2D eigenvalue weighted by atomic mass is 16.5. The zero-order valence-corrected chi connectivity index (χ0v) is 13.7. The molecule has 0 aromatic heterocycles. The van der Waals surface area contributed by atoms with Gasteiger partial charge in [0.15, 0.2) is 6.61 Å². The summed E-state index contributed by atoms with van der Waals surface area (Å²) in [5.41, 5.74) is 0.372. The highest BCUT2D eigenvalue weighted by Gasteiger charge is 2.10. The van der Waals surface area contributed by atoms with Crippen molar-refractivity contribution in [3.8, 4) is 11.5 Å². The number of nitrogens with one attached hydrogen (secondary N) is 1. The number of para-hydroxylation sites is 1. The van der Waals surface area contributed by atoms with Gasteiger partial charge in [0, 0.05) is 6.54 Å². The molecule has 1 N–H and O–H groups in total. The summed E-state index contributed by atoms with van der Waals surface area (Å²) >= 11 is 0. The van der Waals surface area contributed by atoms with Gasteiger partial charge in [-0.05, 0) is 42.8 Å². The van der Waals surface area contributed by atoms with Crippen molar-refractivity contribution in [1.29, 1.82) is 0 Å². The van der Waals surface area contributed by atoms with Crippen LogP contribution in [0.5, 0.6) is 11.5 Å². The number of hydrogen-bond donors (Lipinski definition) is 1. The van der Waals surface area contributed by atoms with Crippen molar-refractivity contribution in [2.75, 3.05) is 13.2 Å².